The molecule has 1 aromatic carbocycles. The Balaban J connectivity index is 1.79. The first-order valence-electron chi connectivity index (χ1n) is 7.34. The van der Waals surface area contributed by atoms with Gasteiger partial charge in [-0.2, -0.15) is 0 Å². The van der Waals surface area contributed by atoms with Crippen molar-refractivity contribution < 1.29 is 13.3 Å². The summed E-state index contributed by atoms with van der Waals surface area (Å²) in [6.45, 7) is 1.84. The molecule has 0 aliphatic heterocycles. The van der Waals surface area contributed by atoms with Crippen molar-refractivity contribution in [1.82, 2.24) is 10.0 Å². The number of rotatable bonds is 9. The molecule has 2 rings (SSSR count). The van der Waals surface area contributed by atoms with Crippen LogP contribution >= 0.6 is 11.3 Å². The zero-order chi connectivity index (χ0) is 17.6. The molecule has 2 aromatic rings. The van der Waals surface area contributed by atoms with Crippen molar-refractivity contribution in [3.8, 4) is 10.4 Å². The van der Waals surface area contributed by atoms with Gasteiger partial charge in [-0.05, 0) is 42.8 Å². The average molecular weight is 369 g/mol. The predicted octanol–water partition coefficient (Wildman–Crippen LogP) is 2.35. The van der Waals surface area contributed by atoms with Gasteiger partial charge in [0.05, 0.1) is 11.2 Å². The van der Waals surface area contributed by atoms with Gasteiger partial charge in [0, 0.05) is 35.0 Å². The summed E-state index contributed by atoms with van der Waals surface area (Å²) in [6, 6.07) is 10.5. The number of nitro benzene ring substituents is 1. The number of nitrogens with zero attached hydrogens (tertiary/aromatic N) is 1. The Hall–Kier alpha value is -1.81. The molecule has 0 saturated carbocycles. The summed E-state index contributed by atoms with van der Waals surface area (Å²) in [4.78, 5) is 12.5. The Morgan fingerprint density at radius 3 is 2.46 bits per heavy atom. The third-order valence-corrected chi connectivity index (χ3v) is 5.08. The number of thiophene rings is 1. The quantitative estimate of drug-likeness (QED) is 0.401. The molecule has 7 nitrogen and oxygen atoms in total. The normalized spacial score (nSPS) is 11.5. The molecule has 1 aromatic heterocycles. The van der Waals surface area contributed by atoms with Crippen LogP contribution in [-0.4, -0.2) is 32.7 Å². The Morgan fingerprint density at radius 1 is 1.12 bits per heavy atom. The zero-order valence-corrected chi connectivity index (χ0v) is 14.8. The molecule has 0 aliphatic carbocycles. The fraction of sp³-hybridized carbons (Fsp3) is 0.333. The van der Waals surface area contributed by atoms with Gasteiger partial charge in [-0.3, -0.25) is 10.1 Å². The van der Waals surface area contributed by atoms with Crippen LogP contribution in [0.3, 0.4) is 0 Å². The Bertz CT molecular complexity index is 785. The maximum atomic E-state index is 10.9. The van der Waals surface area contributed by atoms with Gasteiger partial charge in [0.15, 0.2) is 0 Å². The van der Waals surface area contributed by atoms with E-state index in [-0.39, 0.29) is 5.69 Å². The van der Waals surface area contributed by atoms with E-state index >= 15 is 0 Å². The lowest BCUT2D eigenvalue weighted by atomic mass is 10.2. The van der Waals surface area contributed by atoms with Gasteiger partial charge >= 0.3 is 0 Å². The SMILES string of the molecule is CS(=O)(=O)NCCCNCc1ccc(-c2ccc([N+](=O)[O-])cc2)s1. The van der Waals surface area contributed by atoms with Crippen molar-refractivity contribution in [2.24, 2.45) is 0 Å². The summed E-state index contributed by atoms with van der Waals surface area (Å²) in [6.07, 6.45) is 1.86. The van der Waals surface area contributed by atoms with Gasteiger partial charge in [0.2, 0.25) is 10.0 Å². The minimum Gasteiger partial charge on any atom is -0.312 e. The molecule has 9 heteroatoms. The van der Waals surface area contributed by atoms with E-state index in [2.05, 4.69) is 10.0 Å². The van der Waals surface area contributed by atoms with Crippen molar-refractivity contribution in [3.63, 3.8) is 0 Å². The molecular weight excluding hydrogens is 350 g/mol. The fourth-order valence-electron chi connectivity index (χ4n) is 2.06. The largest absolute Gasteiger partial charge is 0.312 e. The van der Waals surface area contributed by atoms with E-state index in [1.54, 1.807) is 23.5 Å². The fourth-order valence-corrected chi connectivity index (χ4v) is 3.56. The molecule has 0 bridgehead atoms. The Kier molecular flexibility index (Phi) is 6.44. The minimum absolute atomic E-state index is 0.0832. The van der Waals surface area contributed by atoms with Crippen LogP contribution in [0.2, 0.25) is 0 Å². The summed E-state index contributed by atoms with van der Waals surface area (Å²) in [5, 5.41) is 13.9. The van der Waals surface area contributed by atoms with Crippen LogP contribution in [0.25, 0.3) is 10.4 Å². The highest BCUT2D eigenvalue weighted by atomic mass is 32.2. The number of sulfonamides is 1. The van der Waals surface area contributed by atoms with Gasteiger partial charge < -0.3 is 5.32 Å². The second kappa shape index (κ2) is 8.34. The molecule has 2 N–H and O–H groups in total. The van der Waals surface area contributed by atoms with Gasteiger partial charge in [0.1, 0.15) is 0 Å². The molecule has 0 unspecified atom stereocenters. The van der Waals surface area contributed by atoms with Gasteiger partial charge in [-0.25, -0.2) is 13.1 Å². The van der Waals surface area contributed by atoms with Crippen molar-refractivity contribution in [2.75, 3.05) is 19.3 Å². The highest BCUT2D eigenvalue weighted by Gasteiger charge is 2.07. The van der Waals surface area contributed by atoms with Crippen LogP contribution < -0.4 is 10.0 Å². The van der Waals surface area contributed by atoms with E-state index in [4.69, 9.17) is 0 Å². The third-order valence-electron chi connectivity index (χ3n) is 3.22. The number of nitro groups is 1. The van der Waals surface area contributed by atoms with Crippen LogP contribution in [0, 0.1) is 10.1 Å². The summed E-state index contributed by atoms with van der Waals surface area (Å²) in [7, 11) is -3.12. The van der Waals surface area contributed by atoms with E-state index in [1.807, 2.05) is 12.1 Å². The van der Waals surface area contributed by atoms with Crippen LogP contribution in [0.15, 0.2) is 36.4 Å². The topological polar surface area (TPSA) is 101 Å². The van der Waals surface area contributed by atoms with E-state index < -0.39 is 14.9 Å². The summed E-state index contributed by atoms with van der Waals surface area (Å²) >= 11 is 1.62. The predicted molar refractivity (Wildman–Crippen MR) is 95.6 cm³/mol. The molecule has 0 amide bonds. The van der Waals surface area contributed by atoms with Crippen LogP contribution in [0.5, 0.6) is 0 Å². The maximum absolute atomic E-state index is 10.9. The van der Waals surface area contributed by atoms with E-state index in [0.717, 1.165) is 21.6 Å². The van der Waals surface area contributed by atoms with E-state index in [9.17, 15) is 18.5 Å². The molecule has 0 aliphatic rings. The molecule has 0 spiro atoms. The Labute approximate surface area is 144 Å². The molecule has 130 valence electrons. The standard InChI is InChI=1S/C15H19N3O4S2/c1-24(21,22)17-10-2-9-16-11-14-7-8-15(23-14)12-3-5-13(6-4-12)18(19)20/h3-8,16-17H,2,9-11H2,1H3. The molecule has 24 heavy (non-hydrogen) atoms. The molecule has 0 atom stereocenters. The highest BCUT2D eigenvalue weighted by Crippen LogP contribution is 2.29. The number of hydrogen-bond donors (Lipinski definition) is 2. The van der Waals surface area contributed by atoms with Gasteiger partial charge in [-0.1, -0.05) is 0 Å². The summed E-state index contributed by atoms with van der Waals surface area (Å²) < 4.78 is 24.3. The van der Waals surface area contributed by atoms with Crippen molar-refractivity contribution in [3.05, 3.63) is 51.4 Å². The van der Waals surface area contributed by atoms with Crippen molar-refractivity contribution in [2.45, 2.75) is 13.0 Å². The lowest BCUT2D eigenvalue weighted by Gasteiger charge is -2.04. The molecule has 0 saturated heterocycles. The lowest BCUT2D eigenvalue weighted by Crippen LogP contribution is -2.26. The van der Waals surface area contributed by atoms with Crippen molar-refractivity contribution in [1.29, 1.82) is 0 Å². The highest BCUT2D eigenvalue weighted by molar-refractivity contribution is 7.88. The molecule has 1 heterocycles. The second-order valence-corrected chi connectivity index (χ2v) is 8.27. The second-order valence-electron chi connectivity index (χ2n) is 5.27. The van der Waals surface area contributed by atoms with E-state index in [0.29, 0.717) is 26.1 Å². The lowest BCUT2D eigenvalue weighted by molar-refractivity contribution is -0.384. The summed E-state index contributed by atoms with van der Waals surface area (Å²) in [5.41, 5.74) is 1.04. The van der Waals surface area contributed by atoms with Crippen LogP contribution in [0.4, 0.5) is 5.69 Å². The smallest absolute Gasteiger partial charge is 0.269 e. The van der Waals surface area contributed by atoms with Gasteiger partial charge in [0.25, 0.3) is 5.69 Å². The molecule has 0 fully saturated rings. The first-order chi connectivity index (χ1) is 11.3. The zero-order valence-electron chi connectivity index (χ0n) is 13.2. The number of nitrogens with one attached hydrogen (secondary N) is 2. The van der Waals surface area contributed by atoms with E-state index in [1.165, 1.54) is 12.1 Å². The monoisotopic (exact) mass is 369 g/mol. The molecule has 0 radical (unpaired) electrons. The minimum atomic E-state index is -3.12. The number of non-ortho nitro benzene ring substituents is 1. The van der Waals surface area contributed by atoms with Crippen molar-refractivity contribution >= 4 is 27.0 Å². The third kappa shape index (κ3) is 6.00. The number of benzene rings is 1. The van der Waals surface area contributed by atoms with Crippen LogP contribution in [0.1, 0.15) is 11.3 Å². The number of hydrogen-bond acceptors (Lipinski definition) is 6. The molecular formula is C15H19N3O4S2. The first kappa shape index (κ1) is 18.5. The average Bonchev–Trinajstić information content (AvgIpc) is 2.98. The van der Waals surface area contributed by atoms with Gasteiger partial charge in [-0.15, -0.1) is 11.3 Å². The summed E-state index contributed by atoms with van der Waals surface area (Å²) in [5.74, 6) is 0. The first-order valence-corrected chi connectivity index (χ1v) is 10.0. The van der Waals surface area contributed by atoms with Crippen LogP contribution in [-0.2, 0) is 16.6 Å². The maximum Gasteiger partial charge on any atom is 0.269 e. The Morgan fingerprint density at radius 2 is 1.83 bits per heavy atom.